The van der Waals surface area contributed by atoms with Crippen LogP contribution in [0.3, 0.4) is 0 Å². The number of aromatic amines is 2. The van der Waals surface area contributed by atoms with E-state index in [1.807, 2.05) is 67.5 Å². The van der Waals surface area contributed by atoms with Gasteiger partial charge in [0.05, 0.1) is 34.2 Å². The molecule has 0 amide bonds. The Morgan fingerprint density at radius 3 is 2.69 bits per heavy atom. The van der Waals surface area contributed by atoms with Crippen LogP contribution in [0.2, 0.25) is 0 Å². The van der Waals surface area contributed by atoms with Crippen LogP contribution in [0, 0.1) is 0 Å². The van der Waals surface area contributed by atoms with Crippen molar-refractivity contribution in [3.63, 3.8) is 0 Å². The molecule has 8 heteroatoms. The number of carbonyl (C=O) groups excluding carboxylic acids is 1. The van der Waals surface area contributed by atoms with E-state index in [4.69, 9.17) is 5.73 Å². The summed E-state index contributed by atoms with van der Waals surface area (Å²) in [6.45, 7) is 0. The van der Waals surface area contributed by atoms with Gasteiger partial charge in [0.15, 0.2) is 0 Å². The number of fused-ring (bicyclic) bond motifs is 2. The van der Waals surface area contributed by atoms with Crippen LogP contribution in [0.1, 0.15) is 16.1 Å². The average molecular weight is 385 g/mol. The minimum absolute atomic E-state index is 0.194. The summed E-state index contributed by atoms with van der Waals surface area (Å²) in [7, 11) is 3.85. The number of rotatable bonds is 4. The maximum absolute atomic E-state index is 13.0. The fraction of sp³-hybridized carbons (Fsp3) is 0.0952. The first-order valence-corrected chi connectivity index (χ1v) is 9.14. The number of hydrogen-bond donors (Lipinski definition) is 3. The van der Waals surface area contributed by atoms with Crippen molar-refractivity contribution in [2.45, 2.75) is 0 Å². The number of nitrogens with one attached hydrogen (secondary N) is 2. The molecule has 0 aliphatic heterocycles. The number of nitrogens with two attached hydrogens (primary N) is 1. The number of H-pyrrole nitrogens is 2. The molecule has 0 saturated carbocycles. The molecular formula is C21H19N7O. The number of hydrogen-bond acceptors (Lipinski definition) is 5. The molecule has 0 radical (unpaired) electrons. The summed E-state index contributed by atoms with van der Waals surface area (Å²) in [4.78, 5) is 25.8. The molecular weight excluding hydrogens is 366 g/mol. The molecule has 0 saturated heterocycles. The Hall–Kier alpha value is -4.07. The van der Waals surface area contributed by atoms with Crippen LogP contribution in [0.5, 0.6) is 0 Å². The summed E-state index contributed by atoms with van der Waals surface area (Å²) in [5.41, 5.74) is 10.5. The number of imidazole rings is 1. The standard InChI is InChI=1S/C21H19N7O/c1-27(2)21-25-16-8-7-13(10-17(16)26-21)28-20(22)14(11-23-28)19(29)18-9-12-5-3-4-6-15(12)24-18/h3-11,24H,22H2,1-2H3,(H,25,26). The van der Waals surface area contributed by atoms with Crippen molar-refractivity contribution in [3.8, 4) is 5.69 Å². The second-order valence-electron chi connectivity index (χ2n) is 7.11. The summed E-state index contributed by atoms with van der Waals surface area (Å²) in [6.07, 6.45) is 1.50. The monoisotopic (exact) mass is 385 g/mol. The Kier molecular flexibility index (Phi) is 3.67. The molecule has 5 rings (SSSR count). The second-order valence-corrected chi connectivity index (χ2v) is 7.11. The van der Waals surface area contributed by atoms with Gasteiger partial charge < -0.3 is 20.6 Å². The van der Waals surface area contributed by atoms with Gasteiger partial charge in [-0.15, -0.1) is 0 Å². The maximum Gasteiger partial charge on any atom is 0.214 e. The smallest absolute Gasteiger partial charge is 0.214 e. The number of ketones is 1. The van der Waals surface area contributed by atoms with E-state index in [1.165, 1.54) is 6.20 Å². The Morgan fingerprint density at radius 2 is 1.90 bits per heavy atom. The molecule has 0 aliphatic rings. The first-order chi connectivity index (χ1) is 14.0. The van der Waals surface area contributed by atoms with Gasteiger partial charge in [-0.1, -0.05) is 18.2 Å². The second kappa shape index (κ2) is 6.23. The van der Waals surface area contributed by atoms with Crippen molar-refractivity contribution in [2.24, 2.45) is 0 Å². The molecule has 0 atom stereocenters. The molecule has 3 aromatic heterocycles. The molecule has 0 fully saturated rings. The zero-order valence-corrected chi connectivity index (χ0v) is 16.0. The SMILES string of the molecule is CN(C)c1nc2cc(-n3ncc(C(=O)c4cc5ccccc5[nH]4)c3N)ccc2[nH]1. The van der Waals surface area contributed by atoms with Crippen molar-refractivity contribution in [1.29, 1.82) is 0 Å². The molecule has 0 spiro atoms. The van der Waals surface area contributed by atoms with Crippen molar-refractivity contribution < 1.29 is 4.79 Å². The van der Waals surface area contributed by atoms with Gasteiger partial charge >= 0.3 is 0 Å². The lowest BCUT2D eigenvalue weighted by atomic mass is 10.1. The van der Waals surface area contributed by atoms with Gasteiger partial charge in [-0.3, -0.25) is 4.79 Å². The predicted octanol–water partition coefficient (Wildman–Crippen LogP) is 3.11. The lowest BCUT2D eigenvalue weighted by molar-refractivity contribution is 0.103. The van der Waals surface area contributed by atoms with E-state index >= 15 is 0 Å². The number of carbonyl (C=O) groups is 1. The quantitative estimate of drug-likeness (QED) is 0.412. The zero-order chi connectivity index (χ0) is 20.1. The van der Waals surface area contributed by atoms with Crippen LogP contribution >= 0.6 is 0 Å². The first kappa shape index (κ1) is 17.1. The number of nitrogens with zero attached hydrogens (tertiary/aromatic N) is 4. The first-order valence-electron chi connectivity index (χ1n) is 9.14. The number of aromatic nitrogens is 5. The summed E-state index contributed by atoms with van der Waals surface area (Å²) in [5.74, 6) is 0.859. The van der Waals surface area contributed by atoms with Crippen LogP contribution in [-0.2, 0) is 0 Å². The van der Waals surface area contributed by atoms with E-state index < -0.39 is 0 Å². The Morgan fingerprint density at radius 1 is 1.07 bits per heavy atom. The molecule has 144 valence electrons. The van der Waals surface area contributed by atoms with Crippen molar-refractivity contribution in [2.75, 3.05) is 24.7 Å². The van der Waals surface area contributed by atoms with Crippen molar-refractivity contribution in [3.05, 3.63) is 66.0 Å². The molecule has 4 N–H and O–H groups in total. The third kappa shape index (κ3) is 2.73. The molecule has 2 aromatic carbocycles. The Balaban J connectivity index is 1.53. The molecule has 0 bridgehead atoms. The largest absolute Gasteiger partial charge is 0.383 e. The highest BCUT2D eigenvalue weighted by atomic mass is 16.1. The van der Waals surface area contributed by atoms with Crippen LogP contribution in [0.4, 0.5) is 11.8 Å². The van der Waals surface area contributed by atoms with Gasteiger partial charge in [-0.25, -0.2) is 9.67 Å². The van der Waals surface area contributed by atoms with Gasteiger partial charge in [0.2, 0.25) is 11.7 Å². The third-order valence-electron chi connectivity index (χ3n) is 4.95. The number of para-hydroxylation sites is 1. The Bertz CT molecular complexity index is 1340. The minimum Gasteiger partial charge on any atom is -0.383 e. The van der Waals surface area contributed by atoms with E-state index in [2.05, 4.69) is 20.1 Å². The topological polar surface area (TPSA) is 109 Å². The lowest BCUT2D eigenvalue weighted by Crippen LogP contribution is -2.09. The molecule has 0 aliphatic carbocycles. The number of benzene rings is 2. The molecule has 3 heterocycles. The fourth-order valence-electron chi connectivity index (χ4n) is 3.40. The highest BCUT2D eigenvalue weighted by Gasteiger charge is 2.20. The van der Waals surface area contributed by atoms with Crippen LogP contribution in [0.25, 0.3) is 27.6 Å². The van der Waals surface area contributed by atoms with E-state index in [-0.39, 0.29) is 11.6 Å². The maximum atomic E-state index is 13.0. The minimum atomic E-state index is -0.194. The van der Waals surface area contributed by atoms with Crippen LogP contribution in [-0.4, -0.2) is 44.6 Å². The van der Waals surface area contributed by atoms with Gasteiger partial charge in [-0.2, -0.15) is 5.10 Å². The molecule has 8 nitrogen and oxygen atoms in total. The Labute approximate surface area is 166 Å². The van der Waals surface area contributed by atoms with E-state index in [0.29, 0.717) is 11.3 Å². The number of nitrogen functional groups attached to an aromatic ring is 1. The predicted molar refractivity (Wildman–Crippen MR) is 114 cm³/mol. The normalized spacial score (nSPS) is 11.4. The summed E-state index contributed by atoms with van der Waals surface area (Å²) in [5, 5.41) is 5.32. The molecule has 0 unspecified atom stereocenters. The third-order valence-corrected chi connectivity index (χ3v) is 4.95. The zero-order valence-electron chi connectivity index (χ0n) is 16.0. The van der Waals surface area contributed by atoms with E-state index in [0.717, 1.165) is 33.6 Å². The van der Waals surface area contributed by atoms with Crippen LogP contribution in [0.15, 0.2) is 54.7 Å². The molecule has 5 aromatic rings. The lowest BCUT2D eigenvalue weighted by Gasteiger charge is -2.05. The fourth-order valence-corrected chi connectivity index (χ4v) is 3.40. The van der Waals surface area contributed by atoms with Gasteiger partial charge in [0.25, 0.3) is 0 Å². The molecule has 29 heavy (non-hydrogen) atoms. The van der Waals surface area contributed by atoms with E-state index in [9.17, 15) is 4.79 Å². The van der Waals surface area contributed by atoms with Gasteiger partial charge in [-0.05, 0) is 30.3 Å². The highest BCUT2D eigenvalue weighted by Crippen LogP contribution is 2.25. The van der Waals surface area contributed by atoms with Gasteiger partial charge in [0.1, 0.15) is 5.82 Å². The summed E-state index contributed by atoms with van der Waals surface area (Å²) < 4.78 is 1.55. The average Bonchev–Trinajstić information content (AvgIpc) is 3.42. The summed E-state index contributed by atoms with van der Waals surface area (Å²) >= 11 is 0. The van der Waals surface area contributed by atoms with Crippen molar-refractivity contribution >= 4 is 39.5 Å². The van der Waals surface area contributed by atoms with Crippen molar-refractivity contribution in [1.82, 2.24) is 24.7 Å². The highest BCUT2D eigenvalue weighted by molar-refractivity contribution is 6.12. The van der Waals surface area contributed by atoms with E-state index in [1.54, 1.807) is 4.68 Å². The summed E-state index contributed by atoms with van der Waals surface area (Å²) in [6, 6.07) is 15.3. The van der Waals surface area contributed by atoms with Gasteiger partial charge in [0, 0.05) is 25.0 Å². The number of anilines is 2. The van der Waals surface area contributed by atoms with Crippen LogP contribution < -0.4 is 10.6 Å².